The molecular weight excluding hydrogens is 570 g/mol. The Bertz CT molecular complexity index is 1330. The van der Waals surface area contributed by atoms with Crippen LogP contribution in [0.15, 0.2) is 12.1 Å². The van der Waals surface area contributed by atoms with Crippen LogP contribution in [-0.2, 0) is 20.5 Å². The Hall–Kier alpha value is -1.34. The predicted octanol–water partition coefficient (Wildman–Crippen LogP) is 8.87. The molecule has 3 aromatic rings. The lowest BCUT2D eigenvalue weighted by Gasteiger charge is -2.32. The van der Waals surface area contributed by atoms with Crippen molar-refractivity contribution in [3.05, 3.63) is 23.3 Å². The van der Waals surface area contributed by atoms with Gasteiger partial charge >= 0.3 is 13.1 Å². The van der Waals surface area contributed by atoms with E-state index < -0.39 is 18.3 Å². The van der Waals surface area contributed by atoms with Crippen LogP contribution in [0.25, 0.3) is 20.2 Å². The molecule has 2 aromatic heterocycles. The highest BCUT2D eigenvalue weighted by atomic mass is 32.1. The molecule has 0 radical (unpaired) electrons. The molecule has 1 aromatic carbocycles. The number of ether oxygens (including phenoxy) is 1. The minimum absolute atomic E-state index is 0.158. The van der Waals surface area contributed by atoms with Gasteiger partial charge in [-0.1, -0.05) is 90.9 Å². The number of esters is 1. The summed E-state index contributed by atoms with van der Waals surface area (Å²) in [6.45, 7) is 13.4. The standard InChI is InChI=1S/C35H54B2O4S2/c1-7-9-11-13-14-15-16-17-18-20-22-39-33(38)30-25(21-19-12-10-8-2)26-24-29(37-40-34(3,4)35(5,6)41-37)43-31(26)32-27(30)23-28(36)42-32/h23-24H,7-22,36H2,1-6H3. The van der Waals surface area contributed by atoms with Crippen molar-refractivity contribution in [2.45, 2.75) is 149 Å². The number of hydrogen-bond donors (Lipinski definition) is 0. The van der Waals surface area contributed by atoms with Crippen LogP contribution in [0.2, 0.25) is 0 Å². The van der Waals surface area contributed by atoms with E-state index in [2.05, 4.69) is 61.5 Å². The molecule has 0 N–H and O–H groups in total. The SMILES string of the molecule is Bc1cc2c(C(=O)OCCCCCCCCCCCC)c(CCCCCC)c3cc(B4OC(C)(C)C(C)(C)O4)sc3c2s1. The molecule has 1 fully saturated rings. The van der Waals surface area contributed by atoms with Gasteiger partial charge in [-0.3, -0.25) is 0 Å². The summed E-state index contributed by atoms with van der Waals surface area (Å²) < 4.78 is 23.6. The Morgan fingerprint density at radius 2 is 1.30 bits per heavy atom. The summed E-state index contributed by atoms with van der Waals surface area (Å²) in [4.78, 5) is 13.9. The molecule has 0 spiro atoms. The van der Waals surface area contributed by atoms with Crippen LogP contribution >= 0.6 is 22.7 Å². The van der Waals surface area contributed by atoms with Gasteiger partial charge in [-0.25, -0.2) is 4.79 Å². The lowest BCUT2D eigenvalue weighted by Crippen LogP contribution is -2.41. The molecule has 8 heteroatoms. The normalized spacial score (nSPS) is 16.1. The lowest BCUT2D eigenvalue weighted by atomic mass is 9.86. The summed E-state index contributed by atoms with van der Waals surface area (Å²) in [7, 11) is 1.73. The van der Waals surface area contributed by atoms with Crippen LogP contribution in [0, 0.1) is 0 Å². The number of hydrogen-bond acceptors (Lipinski definition) is 6. The molecule has 3 heterocycles. The van der Waals surface area contributed by atoms with Gasteiger partial charge in [0.15, 0.2) is 7.85 Å². The van der Waals surface area contributed by atoms with Gasteiger partial charge in [-0.15, -0.1) is 22.7 Å². The molecule has 1 aliphatic heterocycles. The van der Waals surface area contributed by atoms with E-state index in [1.165, 1.54) is 90.2 Å². The van der Waals surface area contributed by atoms with Crippen LogP contribution in [0.4, 0.5) is 0 Å². The molecule has 0 atom stereocenters. The summed E-state index contributed by atoms with van der Waals surface area (Å²) in [6.07, 6.45) is 18.2. The number of unbranched alkanes of at least 4 members (excludes halogenated alkanes) is 12. The number of carbonyl (C=O) groups excluding carboxylic acids is 1. The van der Waals surface area contributed by atoms with E-state index in [9.17, 15) is 4.79 Å². The summed E-state index contributed by atoms with van der Waals surface area (Å²) in [5.74, 6) is -0.158. The van der Waals surface area contributed by atoms with Crippen molar-refractivity contribution in [3.63, 3.8) is 0 Å². The van der Waals surface area contributed by atoms with Crippen LogP contribution in [0.1, 0.15) is 147 Å². The number of aryl methyl sites for hydroxylation is 1. The first-order chi connectivity index (χ1) is 20.6. The van der Waals surface area contributed by atoms with Crippen molar-refractivity contribution in [2.24, 2.45) is 0 Å². The summed E-state index contributed by atoms with van der Waals surface area (Å²) >= 11 is 3.54. The zero-order chi connectivity index (χ0) is 31.0. The number of thiophene rings is 2. The fraction of sp³-hybridized carbons (Fsp3) is 0.686. The van der Waals surface area contributed by atoms with Gasteiger partial charge in [-0.05, 0) is 74.8 Å². The second-order valence-corrected chi connectivity index (χ2v) is 15.9. The molecule has 236 valence electrons. The molecule has 1 aliphatic rings. The van der Waals surface area contributed by atoms with Gasteiger partial charge in [0.05, 0.1) is 32.8 Å². The Labute approximate surface area is 270 Å². The van der Waals surface area contributed by atoms with E-state index in [1.54, 1.807) is 22.7 Å². The monoisotopic (exact) mass is 624 g/mol. The fourth-order valence-corrected chi connectivity index (χ4v) is 8.41. The molecular formula is C35H54B2O4S2. The second-order valence-electron chi connectivity index (χ2n) is 13.6. The number of rotatable bonds is 18. The third kappa shape index (κ3) is 8.48. The van der Waals surface area contributed by atoms with Crippen molar-refractivity contribution in [3.8, 4) is 0 Å². The largest absolute Gasteiger partial charge is 0.505 e. The van der Waals surface area contributed by atoms with E-state index >= 15 is 0 Å². The van der Waals surface area contributed by atoms with Gasteiger partial charge < -0.3 is 14.0 Å². The zero-order valence-corrected chi connectivity index (χ0v) is 29.6. The Kier molecular flexibility index (Phi) is 12.7. The van der Waals surface area contributed by atoms with E-state index in [-0.39, 0.29) is 5.97 Å². The van der Waals surface area contributed by atoms with Gasteiger partial charge in [0.1, 0.15) is 0 Å². The first-order valence-corrected chi connectivity index (χ1v) is 18.7. The lowest BCUT2D eigenvalue weighted by molar-refractivity contribution is 0.00578. The first kappa shape index (κ1) is 34.5. The second kappa shape index (κ2) is 15.8. The third-order valence-corrected chi connectivity index (χ3v) is 11.8. The third-order valence-electron chi connectivity index (χ3n) is 9.41. The molecule has 0 amide bonds. The highest BCUT2D eigenvalue weighted by molar-refractivity contribution is 7.34. The van der Waals surface area contributed by atoms with Crippen LogP contribution in [-0.4, -0.2) is 38.7 Å². The number of benzene rings is 1. The number of carbonyl (C=O) groups is 1. The maximum atomic E-state index is 13.9. The maximum Gasteiger partial charge on any atom is 0.505 e. The summed E-state index contributed by atoms with van der Waals surface area (Å²) in [5, 5.41) is 2.22. The van der Waals surface area contributed by atoms with E-state index in [1.807, 2.05) is 0 Å². The Morgan fingerprint density at radius 3 is 1.91 bits per heavy atom. The smallest absolute Gasteiger partial charge is 0.462 e. The van der Waals surface area contributed by atoms with Crippen molar-refractivity contribution >= 4 is 73.3 Å². The first-order valence-electron chi connectivity index (χ1n) is 17.1. The molecule has 0 saturated carbocycles. The Morgan fingerprint density at radius 1 is 0.767 bits per heavy atom. The molecule has 43 heavy (non-hydrogen) atoms. The topological polar surface area (TPSA) is 44.8 Å². The van der Waals surface area contributed by atoms with Gasteiger partial charge in [-0.2, -0.15) is 0 Å². The zero-order valence-electron chi connectivity index (χ0n) is 28.0. The molecule has 4 nitrogen and oxygen atoms in total. The minimum Gasteiger partial charge on any atom is -0.462 e. The predicted molar refractivity (Wildman–Crippen MR) is 191 cm³/mol. The average Bonchev–Trinajstić information content (AvgIpc) is 3.62. The van der Waals surface area contributed by atoms with E-state index in [0.29, 0.717) is 6.61 Å². The van der Waals surface area contributed by atoms with Crippen LogP contribution < -0.4 is 9.55 Å². The Balaban J connectivity index is 1.53. The highest BCUT2D eigenvalue weighted by Crippen LogP contribution is 2.41. The van der Waals surface area contributed by atoms with Gasteiger partial charge in [0.2, 0.25) is 0 Å². The quantitative estimate of drug-likeness (QED) is 0.0806. The van der Waals surface area contributed by atoms with Crippen molar-refractivity contribution < 1.29 is 18.8 Å². The maximum absolute atomic E-state index is 13.9. The molecule has 1 saturated heterocycles. The van der Waals surface area contributed by atoms with E-state index in [0.717, 1.165) is 47.0 Å². The van der Waals surface area contributed by atoms with Gasteiger partial charge in [0.25, 0.3) is 0 Å². The van der Waals surface area contributed by atoms with Crippen LogP contribution in [0.5, 0.6) is 0 Å². The average molecular weight is 625 g/mol. The van der Waals surface area contributed by atoms with Crippen molar-refractivity contribution in [1.29, 1.82) is 0 Å². The van der Waals surface area contributed by atoms with E-state index in [4.69, 9.17) is 14.0 Å². The summed E-state index contributed by atoms with van der Waals surface area (Å²) in [5.41, 5.74) is 1.14. The van der Waals surface area contributed by atoms with Crippen molar-refractivity contribution in [2.75, 3.05) is 6.61 Å². The van der Waals surface area contributed by atoms with Crippen LogP contribution in [0.3, 0.4) is 0 Å². The van der Waals surface area contributed by atoms with Gasteiger partial charge in [0, 0.05) is 10.2 Å². The molecule has 4 rings (SSSR count). The molecule has 0 unspecified atom stereocenters. The fourth-order valence-electron chi connectivity index (χ4n) is 6.09. The van der Waals surface area contributed by atoms with Crippen molar-refractivity contribution in [1.82, 2.24) is 0 Å². The highest BCUT2D eigenvalue weighted by Gasteiger charge is 2.52. The molecule has 0 bridgehead atoms. The number of fused-ring (bicyclic) bond motifs is 3. The summed E-state index contributed by atoms with van der Waals surface area (Å²) in [6, 6.07) is 4.44. The molecule has 0 aliphatic carbocycles. The minimum atomic E-state index is -0.404.